The molecule has 1 saturated heterocycles. The van der Waals surface area contributed by atoms with Crippen LogP contribution in [0.2, 0.25) is 0 Å². The van der Waals surface area contributed by atoms with Crippen molar-refractivity contribution in [1.82, 2.24) is 14.8 Å². The van der Waals surface area contributed by atoms with Crippen LogP contribution in [0.4, 0.5) is 0 Å². The average Bonchev–Trinajstić information content (AvgIpc) is 2.65. The summed E-state index contributed by atoms with van der Waals surface area (Å²) >= 11 is 0. The van der Waals surface area contributed by atoms with Crippen molar-refractivity contribution in [3.63, 3.8) is 0 Å². The van der Waals surface area contributed by atoms with Crippen LogP contribution in [0.5, 0.6) is 0 Å². The predicted octanol–water partition coefficient (Wildman–Crippen LogP) is 2.26. The van der Waals surface area contributed by atoms with Crippen LogP contribution < -0.4 is 5.32 Å². The summed E-state index contributed by atoms with van der Waals surface area (Å²) in [6, 6.07) is 2.35. The molecule has 0 radical (unpaired) electrons. The number of hydrogen-bond donors (Lipinski definition) is 1. The molecule has 1 aliphatic heterocycles. The molecule has 3 heteroatoms. The maximum Gasteiger partial charge on any atom is 0.0175 e. The van der Waals surface area contributed by atoms with E-state index in [1.807, 2.05) is 0 Å². The second kappa shape index (κ2) is 7.11. The summed E-state index contributed by atoms with van der Waals surface area (Å²) in [5, 5.41) is 3.47. The number of aryl methyl sites for hydroxylation is 2. The minimum Gasteiger partial charge on any atom is -0.352 e. The van der Waals surface area contributed by atoms with Crippen molar-refractivity contribution in [2.24, 2.45) is 7.05 Å². The van der Waals surface area contributed by atoms with E-state index in [4.69, 9.17) is 0 Å². The quantitative estimate of drug-likeness (QED) is 0.822. The number of nitrogens with zero attached hydrogens (tertiary/aromatic N) is 2. The smallest absolute Gasteiger partial charge is 0.0175 e. The molecular weight excluding hydrogens is 234 g/mol. The van der Waals surface area contributed by atoms with Crippen LogP contribution in [-0.2, 0) is 13.5 Å². The zero-order chi connectivity index (χ0) is 13.7. The van der Waals surface area contributed by atoms with E-state index >= 15 is 0 Å². The van der Waals surface area contributed by atoms with Gasteiger partial charge in [-0.25, -0.2) is 0 Å². The molecule has 1 aromatic rings. The van der Waals surface area contributed by atoms with Crippen LogP contribution in [0.15, 0.2) is 6.07 Å². The molecule has 108 valence electrons. The third-order valence-corrected chi connectivity index (χ3v) is 4.48. The fraction of sp³-hybridized carbons (Fsp3) is 0.750. The van der Waals surface area contributed by atoms with Crippen molar-refractivity contribution in [3.8, 4) is 0 Å². The van der Waals surface area contributed by atoms with Gasteiger partial charge in [-0.3, -0.25) is 0 Å². The van der Waals surface area contributed by atoms with E-state index in [2.05, 4.69) is 41.7 Å². The van der Waals surface area contributed by atoms with Crippen molar-refractivity contribution in [2.75, 3.05) is 32.7 Å². The SMILES string of the molecule is Cc1cc(CCCCN2CCCNCC2)c(C)n1C. The van der Waals surface area contributed by atoms with Crippen molar-refractivity contribution in [2.45, 2.75) is 39.5 Å². The molecule has 0 amide bonds. The van der Waals surface area contributed by atoms with Gasteiger partial charge in [0.25, 0.3) is 0 Å². The summed E-state index contributed by atoms with van der Waals surface area (Å²) in [6.45, 7) is 10.6. The summed E-state index contributed by atoms with van der Waals surface area (Å²) < 4.78 is 2.30. The lowest BCUT2D eigenvalue weighted by molar-refractivity contribution is 0.286. The van der Waals surface area contributed by atoms with E-state index in [1.54, 1.807) is 0 Å². The molecule has 2 rings (SSSR count). The molecule has 2 heterocycles. The molecule has 1 aromatic heterocycles. The Morgan fingerprint density at radius 3 is 2.74 bits per heavy atom. The topological polar surface area (TPSA) is 20.2 Å². The zero-order valence-corrected chi connectivity index (χ0v) is 12.8. The van der Waals surface area contributed by atoms with Gasteiger partial charge in [-0.05, 0) is 70.8 Å². The molecule has 0 aliphatic carbocycles. The highest BCUT2D eigenvalue weighted by Crippen LogP contribution is 2.15. The van der Waals surface area contributed by atoms with Gasteiger partial charge in [0.05, 0.1) is 0 Å². The number of aromatic nitrogens is 1. The Morgan fingerprint density at radius 1 is 1.16 bits per heavy atom. The first kappa shape index (κ1) is 14.6. The highest BCUT2D eigenvalue weighted by Gasteiger charge is 2.09. The summed E-state index contributed by atoms with van der Waals surface area (Å²) in [7, 11) is 2.17. The largest absolute Gasteiger partial charge is 0.352 e. The van der Waals surface area contributed by atoms with Gasteiger partial charge >= 0.3 is 0 Å². The number of rotatable bonds is 5. The van der Waals surface area contributed by atoms with Crippen molar-refractivity contribution >= 4 is 0 Å². The standard InChI is InChI=1S/C16H29N3/c1-14-13-16(15(2)18(14)3)7-4-5-10-19-11-6-8-17-9-12-19/h13,17H,4-12H2,1-3H3. The molecule has 0 spiro atoms. The first-order valence-corrected chi connectivity index (χ1v) is 7.73. The van der Waals surface area contributed by atoms with Crippen molar-refractivity contribution in [3.05, 3.63) is 23.0 Å². The lowest BCUT2D eigenvalue weighted by atomic mass is 10.1. The van der Waals surface area contributed by atoms with Gasteiger partial charge in [0.15, 0.2) is 0 Å². The van der Waals surface area contributed by atoms with E-state index in [1.165, 1.54) is 68.8 Å². The summed E-state index contributed by atoms with van der Waals surface area (Å²) in [6.07, 6.45) is 5.18. The molecule has 3 nitrogen and oxygen atoms in total. The number of nitrogens with one attached hydrogen (secondary N) is 1. The number of hydrogen-bond acceptors (Lipinski definition) is 2. The second-order valence-electron chi connectivity index (χ2n) is 5.86. The first-order chi connectivity index (χ1) is 9.18. The Kier molecular flexibility index (Phi) is 5.46. The highest BCUT2D eigenvalue weighted by molar-refractivity contribution is 5.26. The van der Waals surface area contributed by atoms with Crippen LogP contribution in [0.3, 0.4) is 0 Å². The molecule has 0 bridgehead atoms. The molecule has 19 heavy (non-hydrogen) atoms. The van der Waals surface area contributed by atoms with Gasteiger partial charge in [0, 0.05) is 31.5 Å². The van der Waals surface area contributed by atoms with Crippen LogP contribution in [0.25, 0.3) is 0 Å². The van der Waals surface area contributed by atoms with E-state index in [0.717, 1.165) is 6.54 Å². The third-order valence-electron chi connectivity index (χ3n) is 4.48. The van der Waals surface area contributed by atoms with Crippen molar-refractivity contribution in [1.29, 1.82) is 0 Å². The molecule has 1 aliphatic rings. The summed E-state index contributed by atoms with van der Waals surface area (Å²) in [5.74, 6) is 0. The molecule has 1 fully saturated rings. The highest BCUT2D eigenvalue weighted by atomic mass is 15.1. The predicted molar refractivity (Wildman–Crippen MR) is 81.8 cm³/mol. The fourth-order valence-electron chi connectivity index (χ4n) is 2.96. The minimum atomic E-state index is 1.16. The lowest BCUT2D eigenvalue weighted by Gasteiger charge is -2.18. The van der Waals surface area contributed by atoms with Crippen LogP contribution >= 0.6 is 0 Å². The molecular formula is C16H29N3. The average molecular weight is 263 g/mol. The minimum absolute atomic E-state index is 1.16. The van der Waals surface area contributed by atoms with Gasteiger partial charge in [0.1, 0.15) is 0 Å². The molecule has 0 atom stereocenters. The van der Waals surface area contributed by atoms with Gasteiger partial charge in [0.2, 0.25) is 0 Å². The normalized spacial score (nSPS) is 17.6. The van der Waals surface area contributed by atoms with Gasteiger partial charge < -0.3 is 14.8 Å². The Balaban J connectivity index is 1.70. The monoisotopic (exact) mass is 263 g/mol. The van der Waals surface area contributed by atoms with E-state index in [9.17, 15) is 0 Å². The Hall–Kier alpha value is -0.800. The van der Waals surface area contributed by atoms with Gasteiger partial charge in [-0.1, -0.05) is 0 Å². The Bertz CT molecular complexity index is 387. The fourth-order valence-corrected chi connectivity index (χ4v) is 2.96. The summed E-state index contributed by atoms with van der Waals surface area (Å²) in [5.41, 5.74) is 4.36. The van der Waals surface area contributed by atoms with Crippen LogP contribution in [0, 0.1) is 13.8 Å². The third kappa shape index (κ3) is 4.08. The summed E-state index contributed by atoms with van der Waals surface area (Å²) in [4.78, 5) is 2.61. The first-order valence-electron chi connectivity index (χ1n) is 7.73. The van der Waals surface area contributed by atoms with E-state index in [-0.39, 0.29) is 0 Å². The van der Waals surface area contributed by atoms with Crippen LogP contribution in [-0.4, -0.2) is 42.2 Å². The number of unbranched alkanes of at least 4 members (excludes halogenated alkanes) is 1. The molecule has 0 aromatic carbocycles. The van der Waals surface area contributed by atoms with E-state index < -0.39 is 0 Å². The lowest BCUT2D eigenvalue weighted by Crippen LogP contribution is -2.29. The molecule has 0 saturated carbocycles. The molecule has 0 unspecified atom stereocenters. The van der Waals surface area contributed by atoms with Crippen LogP contribution in [0.1, 0.15) is 36.2 Å². The van der Waals surface area contributed by atoms with E-state index in [0.29, 0.717) is 0 Å². The molecule has 1 N–H and O–H groups in total. The van der Waals surface area contributed by atoms with Gasteiger partial charge in [-0.15, -0.1) is 0 Å². The van der Waals surface area contributed by atoms with Crippen molar-refractivity contribution < 1.29 is 0 Å². The Morgan fingerprint density at radius 2 is 2.00 bits per heavy atom. The maximum atomic E-state index is 3.47. The Labute approximate surface area is 118 Å². The second-order valence-corrected chi connectivity index (χ2v) is 5.86. The maximum absolute atomic E-state index is 3.47. The zero-order valence-electron chi connectivity index (χ0n) is 12.8. The van der Waals surface area contributed by atoms with Gasteiger partial charge in [-0.2, -0.15) is 0 Å².